The molecule has 88 valence electrons. The van der Waals surface area contributed by atoms with Crippen LogP contribution in [0.4, 0.5) is 0 Å². The van der Waals surface area contributed by atoms with Gasteiger partial charge in [-0.15, -0.1) is 0 Å². The van der Waals surface area contributed by atoms with Crippen molar-refractivity contribution >= 4 is 5.97 Å². The molecule has 1 saturated carbocycles. The monoisotopic (exact) mass is 214 g/mol. The molecule has 0 radical (unpaired) electrons. The number of unbranched alkanes of at least 4 members (excludes halogenated alkanes) is 1. The molecule has 0 aromatic heterocycles. The van der Waals surface area contributed by atoms with Crippen LogP contribution in [0, 0.1) is 11.8 Å². The lowest BCUT2D eigenvalue weighted by Gasteiger charge is -2.29. The molecule has 1 rings (SSSR count). The minimum atomic E-state index is -0.670. The molecular weight excluding hydrogens is 192 g/mol. The first kappa shape index (κ1) is 12.5. The van der Waals surface area contributed by atoms with E-state index in [-0.39, 0.29) is 12.0 Å². The van der Waals surface area contributed by atoms with Gasteiger partial charge in [-0.3, -0.25) is 4.79 Å². The first-order valence-corrected chi connectivity index (χ1v) is 6.06. The molecule has 3 nitrogen and oxygen atoms in total. The first-order chi connectivity index (χ1) is 7.15. The van der Waals surface area contributed by atoms with Gasteiger partial charge in [-0.05, 0) is 38.0 Å². The molecular formula is C12H22O3. The number of aliphatic carboxylic acids is 1. The van der Waals surface area contributed by atoms with Crippen molar-refractivity contribution in [2.75, 3.05) is 0 Å². The molecule has 0 amide bonds. The third kappa shape index (κ3) is 3.82. The molecule has 0 bridgehead atoms. The van der Waals surface area contributed by atoms with Crippen molar-refractivity contribution in [3.63, 3.8) is 0 Å². The van der Waals surface area contributed by atoms with Gasteiger partial charge in [0.05, 0.1) is 12.0 Å². The van der Waals surface area contributed by atoms with Gasteiger partial charge in [-0.25, -0.2) is 0 Å². The van der Waals surface area contributed by atoms with Crippen molar-refractivity contribution in [1.82, 2.24) is 0 Å². The van der Waals surface area contributed by atoms with Crippen LogP contribution in [0.15, 0.2) is 0 Å². The molecule has 15 heavy (non-hydrogen) atoms. The Kier molecular flexibility index (Phi) is 5.09. The SMILES string of the molecule is CCCCC(O)C1CCC(C(=O)O)CC1. The third-order valence-electron chi connectivity index (χ3n) is 3.52. The van der Waals surface area contributed by atoms with Crippen molar-refractivity contribution in [2.24, 2.45) is 11.8 Å². The fourth-order valence-corrected chi connectivity index (χ4v) is 2.40. The van der Waals surface area contributed by atoms with Crippen molar-refractivity contribution < 1.29 is 15.0 Å². The summed E-state index contributed by atoms with van der Waals surface area (Å²) in [6.45, 7) is 2.12. The minimum Gasteiger partial charge on any atom is -0.481 e. The van der Waals surface area contributed by atoms with Crippen LogP contribution >= 0.6 is 0 Å². The van der Waals surface area contributed by atoms with Gasteiger partial charge in [0.2, 0.25) is 0 Å². The normalized spacial score (nSPS) is 28.7. The molecule has 0 aromatic carbocycles. The van der Waals surface area contributed by atoms with Crippen LogP contribution in [0.3, 0.4) is 0 Å². The molecule has 1 aliphatic carbocycles. The largest absolute Gasteiger partial charge is 0.481 e. The highest BCUT2D eigenvalue weighted by atomic mass is 16.4. The second kappa shape index (κ2) is 6.11. The summed E-state index contributed by atoms with van der Waals surface area (Å²) in [4.78, 5) is 10.7. The van der Waals surface area contributed by atoms with Crippen LogP contribution in [0.5, 0.6) is 0 Å². The molecule has 0 saturated heterocycles. The maximum atomic E-state index is 10.7. The quantitative estimate of drug-likeness (QED) is 0.739. The summed E-state index contributed by atoms with van der Waals surface area (Å²) in [6.07, 6.45) is 6.08. The Morgan fingerprint density at radius 1 is 1.33 bits per heavy atom. The van der Waals surface area contributed by atoms with Crippen LogP contribution < -0.4 is 0 Å². The van der Waals surface area contributed by atoms with Crippen LogP contribution in [0.2, 0.25) is 0 Å². The summed E-state index contributed by atoms with van der Waals surface area (Å²) in [7, 11) is 0. The van der Waals surface area contributed by atoms with Gasteiger partial charge in [0.25, 0.3) is 0 Å². The maximum absolute atomic E-state index is 10.7. The molecule has 0 heterocycles. The average Bonchev–Trinajstić information content (AvgIpc) is 2.26. The van der Waals surface area contributed by atoms with E-state index in [4.69, 9.17) is 5.11 Å². The molecule has 2 N–H and O–H groups in total. The highest BCUT2D eigenvalue weighted by Gasteiger charge is 2.29. The number of carboxylic acids is 1. The van der Waals surface area contributed by atoms with Gasteiger partial charge in [0, 0.05) is 0 Å². The summed E-state index contributed by atoms with van der Waals surface area (Å²) in [5.41, 5.74) is 0. The van der Waals surface area contributed by atoms with Crippen LogP contribution in [0.1, 0.15) is 51.9 Å². The fraction of sp³-hybridized carbons (Fsp3) is 0.917. The molecule has 0 aromatic rings. The van der Waals surface area contributed by atoms with Gasteiger partial charge in [-0.2, -0.15) is 0 Å². The average molecular weight is 214 g/mol. The minimum absolute atomic E-state index is 0.167. The van der Waals surface area contributed by atoms with E-state index < -0.39 is 5.97 Å². The summed E-state index contributed by atoms with van der Waals surface area (Å²) >= 11 is 0. The molecule has 1 unspecified atom stereocenters. The molecule has 0 aliphatic heterocycles. The van der Waals surface area contributed by atoms with Crippen LogP contribution in [0.25, 0.3) is 0 Å². The van der Waals surface area contributed by atoms with E-state index >= 15 is 0 Å². The van der Waals surface area contributed by atoms with Crippen LogP contribution in [-0.4, -0.2) is 22.3 Å². The molecule has 3 heteroatoms. The van der Waals surface area contributed by atoms with Crippen molar-refractivity contribution in [3.8, 4) is 0 Å². The van der Waals surface area contributed by atoms with E-state index in [9.17, 15) is 9.90 Å². The maximum Gasteiger partial charge on any atom is 0.306 e. The van der Waals surface area contributed by atoms with Crippen molar-refractivity contribution in [1.29, 1.82) is 0 Å². The Morgan fingerprint density at radius 2 is 1.93 bits per heavy atom. The predicted octanol–water partition coefficient (Wildman–Crippen LogP) is 2.43. The number of aliphatic hydroxyl groups is 1. The van der Waals surface area contributed by atoms with Crippen molar-refractivity contribution in [3.05, 3.63) is 0 Å². The number of hydrogen-bond donors (Lipinski definition) is 2. The Balaban J connectivity index is 2.27. The number of hydrogen-bond acceptors (Lipinski definition) is 2. The Bertz CT molecular complexity index is 195. The molecule has 0 spiro atoms. The zero-order valence-corrected chi connectivity index (χ0v) is 9.48. The standard InChI is InChI=1S/C12H22O3/c1-2-3-4-11(13)9-5-7-10(8-6-9)12(14)15/h9-11,13H,2-8H2,1H3,(H,14,15). The van der Waals surface area contributed by atoms with Gasteiger partial charge < -0.3 is 10.2 Å². The van der Waals surface area contributed by atoms with E-state index in [1.54, 1.807) is 0 Å². The van der Waals surface area contributed by atoms with E-state index in [1.807, 2.05) is 0 Å². The Morgan fingerprint density at radius 3 is 2.40 bits per heavy atom. The zero-order chi connectivity index (χ0) is 11.3. The Hall–Kier alpha value is -0.570. The summed E-state index contributed by atoms with van der Waals surface area (Å²) in [6, 6.07) is 0. The van der Waals surface area contributed by atoms with Gasteiger partial charge >= 0.3 is 5.97 Å². The van der Waals surface area contributed by atoms with E-state index in [1.165, 1.54) is 0 Å². The number of aliphatic hydroxyl groups excluding tert-OH is 1. The summed E-state index contributed by atoms with van der Waals surface area (Å²) in [5, 5.41) is 18.7. The number of carbonyl (C=O) groups is 1. The topological polar surface area (TPSA) is 57.5 Å². The van der Waals surface area contributed by atoms with Crippen molar-refractivity contribution in [2.45, 2.75) is 58.0 Å². The smallest absolute Gasteiger partial charge is 0.306 e. The van der Waals surface area contributed by atoms with E-state index in [0.29, 0.717) is 5.92 Å². The summed E-state index contributed by atoms with van der Waals surface area (Å²) in [5.74, 6) is -0.497. The number of rotatable bonds is 5. The van der Waals surface area contributed by atoms with E-state index in [2.05, 4.69) is 6.92 Å². The summed E-state index contributed by atoms with van der Waals surface area (Å²) < 4.78 is 0. The number of carboxylic acid groups (broad SMARTS) is 1. The second-order valence-corrected chi connectivity index (χ2v) is 4.66. The third-order valence-corrected chi connectivity index (χ3v) is 3.52. The predicted molar refractivity (Wildman–Crippen MR) is 58.6 cm³/mol. The zero-order valence-electron chi connectivity index (χ0n) is 9.48. The second-order valence-electron chi connectivity index (χ2n) is 4.66. The van der Waals surface area contributed by atoms with Gasteiger partial charge in [-0.1, -0.05) is 19.8 Å². The van der Waals surface area contributed by atoms with E-state index in [0.717, 1.165) is 44.9 Å². The first-order valence-electron chi connectivity index (χ1n) is 6.06. The fourth-order valence-electron chi connectivity index (χ4n) is 2.40. The molecule has 1 aliphatic rings. The Labute approximate surface area is 91.5 Å². The highest BCUT2D eigenvalue weighted by Crippen LogP contribution is 2.32. The van der Waals surface area contributed by atoms with Crippen LogP contribution in [-0.2, 0) is 4.79 Å². The lowest BCUT2D eigenvalue weighted by atomic mass is 9.78. The lowest BCUT2D eigenvalue weighted by molar-refractivity contribution is -0.143. The highest BCUT2D eigenvalue weighted by molar-refractivity contribution is 5.69. The molecule has 1 atom stereocenters. The molecule has 1 fully saturated rings. The van der Waals surface area contributed by atoms with Gasteiger partial charge in [0.15, 0.2) is 0 Å². The lowest BCUT2D eigenvalue weighted by Crippen LogP contribution is -2.28. The van der Waals surface area contributed by atoms with Gasteiger partial charge in [0.1, 0.15) is 0 Å².